The number of carbonyl (C=O) groups excluding carboxylic acids is 5. The number of alkyl halides is 1. The summed E-state index contributed by atoms with van der Waals surface area (Å²) in [5.41, 5.74) is 0.663. The molecule has 0 N–H and O–H groups in total. The zero-order chi connectivity index (χ0) is 30.9. The number of Topliss-reactive ketones (excluding diaryl/α,β-unsaturated/α-hetero) is 2. The van der Waals surface area contributed by atoms with Crippen LogP contribution in [0.5, 0.6) is 11.5 Å². The number of hydrogen-bond donors (Lipinski definition) is 0. The van der Waals surface area contributed by atoms with Crippen LogP contribution in [0.4, 0.5) is 22.0 Å². The van der Waals surface area contributed by atoms with E-state index in [0.717, 1.165) is 0 Å². The zero-order valence-corrected chi connectivity index (χ0v) is 21.8. The maximum Gasteiger partial charge on any atom is 0.326 e. The minimum absolute atomic E-state index is 0.0345. The fourth-order valence-electron chi connectivity index (χ4n) is 3.91. The Labute approximate surface area is 237 Å². The highest BCUT2D eigenvalue weighted by Gasteiger charge is 2.32. The summed E-state index contributed by atoms with van der Waals surface area (Å²) in [5.74, 6) is -16.9. The standard InChI is InChI=1S/C16H5F5O3.C13H9ClO4/c17-10-11(18)13(20)16(14(21)12(10)19)24-9-5-8(22)6-3-1-2-4-7(6)15(9)23;1-7-5-9(15)12-8(13(7)17)3-2-4-10(12)18-11(16)6-14/h1-5H;2-5H,6H2,1H3. The van der Waals surface area contributed by atoms with Gasteiger partial charge in [-0.25, -0.2) is 13.2 Å². The van der Waals surface area contributed by atoms with Crippen molar-refractivity contribution in [1.29, 1.82) is 0 Å². The van der Waals surface area contributed by atoms with Crippen molar-refractivity contribution in [1.82, 2.24) is 0 Å². The van der Waals surface area contributed by atoms with Crippen molar-refractivity contribution in [2.75, 3.05) is 5.88 Å². The molecule has 0 fully saturated rings. The number of rotatable bonds is 4. The maximum atomic E-state index is 13.6. The summed E-state index contributed by atoms with van der Waals surface area (Å²) in [6, 6.07) is 10.1. The fourth-order valence-corrected chi connectivity index (χ4v) is 3.96. The summed E-state index contributed by atoms with van der Waals surface area (Å²) >= 11 is 5.33. The molecule has 0 atom stereocenters. The summed E-state index contributed by atoms with van der Waals surface area (Å²) in [6.07, 6.45) is 1.87. The predicted molar refractivity (Wildman–Crippen MR) is 135 cm³/mol. The van der Waals surface area contributed by atoms with Crippen LogP contribution in [0.2, 0.25) is 0 Å². The Morgan fingerprint density at radius 2 is 1.29 bits per heavy atom. The number of ether oxygens (including phenoxy) is 2. The van der Waals surface area contributed by atoms with E-state index in [4.69, 9.17) is 16.3 Å². The van der Waals surface area contributed by atoms with Crippen molar-refractivity contribution in [3.05, 3.63) is 117 Å². The first kappa shape index (κ1) is 30.0. The van der Waals surface area contributed by atoms with Crippen molar-refractivity contribution >= 4 is 40.7 Å². The van der Waals surface area contributed by atoms with Crippen LogP contribution >= 0.6 is 11.6 Å². The van der Waals surface area contributed by atoms with Gasteiger partial charge in [0.1, 0.15) is 11.6 Å². The summed E-state index contributed by atoms with van der Waals surface area (Å²) in [6.45, 7) is 1.57. The van der Waals surface area contributed by atoms with Crippen molar-refractivity contribution in [3.8, 4) is 11.5 Å². The lowest BCUT2D eigenvalue weighted by Crippen LogP contribution is -2.21. The Kier molecular flexibility index (Phi) is 8.48. The second-order valence-corrected chi connectivity index (χ2v) is 8.82. The van der Waals surface area contributed by atoms with Gasteiger partial charge in [-0.3, -0.25) is 24.0 Å². The minimum atomic E-state index is -2.36. The molecule has 214 valence electrons. The smallest absolute Gasteiger partial charge is 0.326 e. The second-order valence-electron chi connectivity index (χ2n) is 8.56. The SMILES string of the molecule is CC1=CC(=O)c2c(OC(=O)CCl)cccc2C1=O.O=C1C=C(Oc2c(F)c(F)c(F)c(F)c2F)C(=O)c2ccccc21. The first-order chi connectivity index (χ1) is 19.9. The Balaban J connectivity index is 0.000000201. The molecule has 0 amide bonds. The van der Waals surface area contributed by atoms with E-state index in [0.29, 0.717) is 11.6 Å². The molecular formula is C29H14ClF5O7. The molecule has 0 bridgehead atoms. The van der Waals surface area contributed by atoms with Gasteiger partial charge in [-0.1, -0.05) is 36.4 Å². The van der Waals surface area contributed by atoms with E-state index in [2.05, 4.69) is 4.74 Å². The third-order valence-corrected chi connectivity index (χ3v) is 6.08. The minimum Gasteiger partial charge on any atom is -0.447 e. The summed E-state index contributed by atoms with van der Waals surface area (Å²) < 4.78 is 76.0. The molecule has 2 aliphatic carbocycles. The number of carbonyl (C=O) groups is 5. The van der Waals surface area contributed by atoms with E-state index in [1.165, 1.54) is 42.5 Å². The van der Waals surface area contributed by atoms with Gasteiger partial charge in [0.05, 0.1) is 5.56 Å². The summed E-state index contributed by atoms with van der Waals surface area (Å²) in [4.78, 5) is 59.0. The lowest BCUT2D eigenvalue weighted by atomic mass is 9.89. The molecule has 5 rings (SSSR count). The zero-order valence-electron chi connectivity index (χ0n) is 21.0. The van der Waals surface area contributed by atoms with E-state index >= 15 is 0 Å². The van der Waals surface area contributed by atoms with Crippen LogP contribution in [0, 0.1) is 29.1 Å². The molecule has 3 aromatic rings. The average Bonchev–Trinajstić information content (AvgIpc) is 2.98. The highest BCUT2D eigenvalue weighted by molar-refractivity contribution is 6.27. The predicted octanol–water partition coefficient (Wildman–Crippen LogP) is 5.88. The van der Waals surface area contributed by atoms with Crippen LogP contribution in [0.15, 0.2) is 65.9 Å². The molecule has 3 aromatic carbocycles. The molecule has 0 radical (unpaired) electrons. The highest BCUT2D eigenvalue weighted by Crippen LogP contribution is 2.32. The van der Waals surface area contributed by atoms with Gasteiger partial charge in [-0.05, 0) is 19.1 Å². The number of fused-ring (bicyclic) bond motifs is 2. The Bertz CT molecular complexity index is 1750. The number of allylic oxidation sites excluding steroid dienone is 4. The Morgan fingerprint density at radius 3 is 1.90 bits per heavy atom. The lowest BCUT2D eigenvalue weighted by Gasteiger charge is -2.16. The van der Waals surface area contributed by atoms with Gasteiger partial charge in [0.25, 0.3) is 0 Å². The van der Waals surface area contributed by atoms with Gasteiger partial charge < -0.3 is 9.47 Å². The molecule has 0 aromatic heterocycles. The third kappa shape index (κ3) is 5.48. The fraction of sp³-hybridized carbons (Fsp3) is 0.0690. The van der Waals surface area contributed by atoms with Crippen molar-refractivity contribution in [3.63, 3.8) is 0 Å². The molecule has 42 heavy (non-hydrogen) atoms. The lowest BCUT2D eigenvalue weighted by molar-refractivity contribution is -0.131. The average molecular weight is 605 g/mol. The first-order valence-electron chi connectivity index (χ1n) is 11.6. The summed E-state index contributed by atoms with van der Waals surface area (Å²) in [5, 5.41) is 0. The van der Waals surface area contributed by atoms with Gasteiger partial charge in [0.15, 0.2) is 23.1 Å². The Morgan fingerprint density at radius 1 is 0.714 bits per heavy atom. The number of esters is 1. The second kappa shape index (κ2) is 11.9. The van der Waals surface area contributed by atoms with Crippen molar-refractivity contribution < 1.29 is 55.4 Å². The molecule has 13 heteroatoms. The van der Waals surface area contributed by atoms with Crippen molar-refractivity contribution in [2.24, 2.45) is 0 Å². The molecule has 2 aliphatic rings. The van der Waals surface area contributed by atoms with Crippen LogP contribution in [0.25, 0.3) is 0 Å². The largest absolute Gasteiger partial charge is 0.447 e. The molecule has 7 nitrogen and oxygen atoms in total. The highest BCUT2D eigenvalue weighted by atomic mass is 35.5. The van der Waals surface area contributed by atoms with Gasteiger partial charge in [0.2, 0.25) is 40.6 Å². The van der Waals surface area contributed by atoms with E-state index in [1.807, 2.05) is 0 Å². The van der Waals surface area contributed by atoms with E-state index < -0.39 is 58.1 Å². The molecule has 0 unspecified atom stereocenters. The van der Waals surface area contributed by atoms with Crippen molar-refractivity contribution in [2.45, 2.75) is 6.92 Å². The quantitative estimate of drug-likeness (QED) is 0.0915. The van der Waals surface area contributed by atoms with E-state index in [1.54, 1.807) is 13.0 Å². The third-order valence-electron chi connectivity index (χ3n) is 5.86. The van der Waals surface area contributed by atoms with Crippen LogP contribution < -0.4 is 9.47 Å². The van der Waals surface area contributed by atoms with Gasteiger partial charge in [-0.15, -0.1) is 11.6 Å². The van der Waals surface area contributed by atoms with Crippen LogP contribution in [0.3, 0.4) is 0 Å². The number of ketones is 4. The van der Waals surface area contributed by atoms with Crippen LogP contribution in [-0.2, 0) is 4.79 Å². The molecule has 0 heterocycles. The van der Waals surface area contributed by atoms with Crippen LogP contribution in [0.1, 0.15) is 48.4 Å². The molecule has 0 saturated carbocycles. The first-order valence-corrected chi connectivity index (χ1v) is 12.2. The number of hydrogen-bond acceptors (Lipinski definition) is 7. The van der Waals surface area contributed by atoms with Crippen LogP contribution in [-0.4, -0.2) is 35.0 Å². The monoisotopic (exact) mass is 604 g/mol. The van der Waals surface area contributed by atoms with Gasteiger partial charge in [0, 0.05) is 28.3 Å². The molecule has 0 aliphatic heterocycles. The molecule has 0 spiro atoms. The summed E-state index contributed by atoms with van der Waals surface area (Å²) in [7, 11) is 0. The topological polar surface area (TPSA) is 104 Å². The number of halogens is 6. The van der Waals surface area contributed by atoms with Gasteiger partial charge in [-0.2, -0.15) is 8.78 Å². The molecular weight excluding hydrogens is 591 g/mol. The maximum absolute atomic E-state index is 13.6. The van der Waals surface area contributed by atoms with E-state index in [-0.39, 0.29) is 45.4 Å². The van der Waals surface area contributed by atoms with E-state index in [9.17, 15) is 45.9 Å². The van der Waals surface area contributed by atoms with Gasteiger partial charge >= 0.3 is 5.97 Å². The molecule has 0 saturated heterocycles. The Hall–Kier alpha value is -4.97. The number of benzene rings is 3. The normalized spacial score (nSPS) is 13.8.